The highest BCUT2D eigenvalue weighted by atomic mass is 35.5. The van der Waals surface area contributed by atoms with Gasteiger partial charge in [-0.3, -0.25) is 52.9 Å². The van der Waals surface area contributed by atoms with E-state index in [0.29, 0.717) is 33.0 Å². The molecular formula is C61H79ClFN11O11S. The number of amides is 10. The highest BCUT2D eigenvalue weighted by Crippen LogP contribution is 2.25. The molecule has 4 N–H and O–H groups in total. The van der Waals surface area contributed by atoms with Crippen molar-refractivity contribution >= 4 is 82.0 Å². The van der Waals surface area contributed by atoms with E-state index in [-0.39, 0.29) is 51.7 Å². The lowest BCUT2D eigenvalue weighted by molar-refractivity contribution is -0.150. The number of fused-ring (bicyclic) bond motifs is 1. The van der Waals surface area contributed by atoms with Crippen molar-refractivity contribution in [2.45, 2.75) is 127 Å². The van der Waals surface area contributed by atoms with Crippen LogP contribution in [0.1, 0.15) is 68.5 Å². The quantitative estimate of drug-likeness (QED) is 0.160. The fraction of sp³-hybridized carbons (Fsp3) is 0.492. The van der Waals surface area contributed by atoms with E-state index in [9.17, 15) is 38.0 Å². The molecule has 0 saturated carbocycles. The molecule has 2 aliphatic heterocycles. The summed E-state index contributed by atoms with van der Waals surface area (Å²) in [6.45, 7) is 5.78. The summed E-state index contributed by atoms with van der Waals surface area (Å²) >= 11 is 7.51. The van der Waals surface area contributed by atoms with Gasteiger partial charge >= 0.3 is 0 Å². The number of hydrogen-bond donors (Lipinski definition) is 4. The largest absolute Gasteiger partial charge is 0.385 e. The number of likely N-dealkylation sites (N-methyl/N-ethyl adjacent to an activating group) is 5. The van der Waals surface area contributed by atoms with Crippen LogP contribution in [0, 0.1) is 11.7 Å². The molecule has 3 aromatic carbocycles. The Morgan fingerprint density at radius 2 is 1.15 bits per heavy atom. The maximum absolute atomic E-state index is 15.4. The van der Waals surface area contributed by atoms with Crippen LogP contribution in [0.25, 0.3) is 0 Å². The van der Waals surface area contributed by atoms with Crippen molar-refractivity contribution in [1.82, 2.24) is 55.7 Å². The number of hydrogen-bond acceptors (Lipinski definition) is 13. The molecule has 2 fully saturated rings. The van der Waals surface area contributed by atoms with Crippen molar-refractivity contribution in [3.05, 3.63) is 123 Å². The summed E-state index contributed by atoms with van der Waals surface area (Å²) in [5, 5.41) is 11.6. The minimum atomic E-state index is -1.40. The van der Waals surface area contributed by atoms with Crippen LogP contribution in [0.3, 0.4) is 0 Å². The summed E-state index contributed by atoms with van der Waals surface area (Å²) in [4.78, 5) is 159. The van der Waals surface area contributed by atoms with Gasteiger partial charge in [-0.2, -0.15) is 0 Å². The van der Waals surface area contributed by atoms with Gasteiger partial charge in [-0.05, 0) is 80.0 Å². The second-order valence-electron chi connectivity index (χ2n) is 22.3. The average molecular weight is 1230 g/mol. The van der Waals surface area contributed by atoms with Gasteiger partial charge < -0.3 is 55.4 Å². The normalized spacial score (nSPS) is 24.6. The van der Waals surface area contributed by atoms with Gasteiger partial charge in [0, 0.05) is 97.3 Å². The summed E-state index contributed by atoms with van der Waals surface area (Å²) < 4.78 is 19.6. The summed E-state index contributed by atoms with van der Waals surface area (Å²) in [5.41, 5.74) is 3.25. The maximum atomic E-state index is 15.4. The number of halogens is 2. The van der Waals surface area contributed by atoms with Crippen LogP contribution in [0.15, 0.2) is 90.6 Å². The maximum Gasteiger partial charge on any atom is 0.246 e. The van der Waals surface area contributed by atoms with Gasteiger partial charge in [0.05, 0.1) is 12.1 Å². The highest BCUT2D eigenvalue weighted by Gasteiger charge is 2.44. The predicted molar refractivity (Wildman–Crippen MR) is 320 cm³/mol. The Morgan fingerprint density at radius 1 is 0.616 bits per heavy atom. The molecule has 0 spiro atoms. The molecule has 6 rings (SSSR count). The second-order valence-corrected chi connectivity index (χ2v) is 23.8. The van der Waals surface area contributed by atoms with Crippen LogP contribution in [-0.4, -0.2) is 210 Å². The van der Waals surface area contributed by atoms with Gasteiger partial charge in [0.25, 0.3) is 0 Å². The van der Waals surface area contributed by atoms with Gasteiger partial charge in [0.15, 0.2) is 0 Å². The number of ether oxygens (including phenoxy) is 1. The van der Waals surface area contributed by atoms with Crippen LogP contribution in [0.5, 0.6) is 0 Å². The summed E-state index contributed by atoms with van der Waals surface area (Å²) in [7, 11) is 8.30. The minimum Gasteiger partial charge on any atom is -0.385 e. The Balaban J connectivity index is 1.43. The molecule has 86 heavy (non-hydrogen) atoms. The van der Waals surface area contributed by atoms with E-state index < -0.39 is 132 Å². The number of rotatable bonds is 12. The zero-order chi connectivity index (χ0) is 63.1. The number of benzene rings is 3. The number of nitrogens with zero attached hydrogens (tertiary/aromatic N) is 7. The third-order valence-corrected chi connectivity index (χ3v) is 17.0. The average Bonchev–Trinajstić information content (AvgIpc) is 3.46. The van der Waals surface area contributed by atoms with E-state index in [1.165, 1.54) is 108 Å². The Morgan fingerprint density at radius 3 is 1.76 bits per heavy atom. The van der Waals surface area contributed by atoms with Crippen molar-refractivity contribution in [2.24, 2.45) is 5.92 Å². The van der Waals surface area contributed by atoms with Crippen molar-refractivity contribution < 1.29 is 57.1 Å². The fourth-order valence-electron chi connectivity index (χ4n) is 10.7. The van der Waals surface area contributed by atoms with Gasteiger partial charge in [0.1, 0.15) is 60.2 Å². The number of carbonyl (C=O) groups is 10. The van der Waals surface area contributed by atoms with Gasteiger partial charge in [0.2, 0.25) is 59.1 Å². The number of nitrogens with one attached hydrogen (secondary N) is 4. The molecule has 0 bridgehead atoms. The zero-order valence-corrected chi connectivity index (χ0v) is 51.9. The number of thiazole rings is 1. The van der Waals surface area contributed by atoms with E-state index in [1.54, 1.807) is 74.0 Å². The Hall–Kier alpha value is -7.83. The number of methoxy groups -OCH3 is 1. The van der Waals surface area contributed by atoms with Crippen LogP contribution < -0.4 is 21.3 Å². The molecule has 10 amide bonds. The molecule has 0 unspecified atom stereocenters. The van der Waals surface area contributed by atoms with E-state index in [2.05, 4.69) is 26.3 Å². The van der Waals surface area contributed by atoms with Crippen LogP contribution >= 0.6 is 22.9 Å². The summed E-state index contributed by atoms with van der Waals surface area (Å²) in [5.74, 6) is -8.23. The molecule has 464 valence electrons. The van der Waals surface area contributed by atoms with Gasteiger partial charge in [-0.15, -0.1) is 11.3 Å². The molecule has 4 aromatic rings. The highest BCUT2D eigenvalue weighted by molar-refractivity contribution is 7.09. The molecule has 2 aliphatic rings. The predicted octanol–water partition coefficient (Wildman–Crippen LogP) is 2.65. The van der Waals surface area contributed by atoms with Gasteiger partial charge in [-0.1, -0.05) is 80.0 Å². The summed E-state index contributed by atoms with van der Waals surface area (Å²) in [6, 6.07) is 9.35. The molecule has 0 aliphatic carbocycles. The molecule has 9 atom stereocenters. The second kappa shape index (κ2) is 31.0. The van der Waals surface area contributed by atoms with Crippen LogP contribution in [-0.2, 0) is 78.4 Å². The van der Waals surface area contributed by atoms with E-state index >= 15 is 14.4 Å². The first-order valence-electron chi connectivity index (χ1n) is 28.5. The van der Waals surface area contributed by atoms with Crippen molar-refractivity contribution in [2.75, 3.05) is 62.0 Å². The molecule has 2 saturated heterocycles. The van der Waals surface area contributed by atoms with E-state index in [0.717, 1.165) is 19.6 Å². The lowest BCUT2D eigenvalue weighted by Crippen LogP contribution is -2.62. The fourth-order valence-corrected chi connectivity index (χ4v) is 11.4. The van der Waals surface area contributed by atoms with E-state index in [4.69, 9.17) is 16.3 Å². The lowest BCUT2D eigenvalue weighted by Gasteiger charge is -2.37. The van der Waals surface area contributed by atoms with Gasteiger partial charge in [-0.25, -0.2) is 4.39 Å². The van der Waals surface area contributed by atoms with Crippen LogP contribution in [0.4, 0.5) is 4.39 Å². The van der Waals surface area contributed by atoms with Crippen molar-refractivity contribution in [3.63, 3.8) is 0 Å². The zero-order valence-electron chi connectivity index (χ0n) is 50.3. The smallest absolute Gasteiger partial charge is 0.246 e. The topological polar surface area (TPSA) is 260 Å². The third kappa shape index (κ3) is 17.4. The molecule has 3 heterocycles. The van der Waals surface area contributed by atoms with Crippen molar-refractivity contribution in [1.29, 1.82) is 0 Å². The Labute approximate surface area is 510 Å². The molecule has 0 radical (unpaired) electrons. The standard InChI is InChI=1S/C61H79ClFN11O11S/c1-36(2)52-55(78)68-47(30-40-18-22-42(62)23-19-40)59(82)72(8)50(31-39-15-12-11-13-16-39)61(84)74-27-14-17-49(74)54(77)66-45(26-28-85-10)57(80)70(6)37(3)53(76)67-48(32-44-33-64-35-86-44)58(81)71(7)38(4)56(79)69(5)34-51(75)65-46(60(83)73(52)9)29-41-20-24-43(63)25-21-41/h11-13,15-16,18-25,33,35-38,45-50,52H,14,17,26-32,34H2,1-10H3,(H,65,75)(H,66,77)(H,67,76)(H,68,78)/t37-,38+,45-,46-,47-,48-,49+,50-,52-/m0/s1. The first kappa shape index (κ1) is 67.3. The Bertz CT molecular complexity index is 3030. The van der Waals surface area contributed by atoms with Crippen LogP contribution in [0.2, 0.25) is 5.02 Å². The molecule has 1 aromatic heterocycles. The number of aromatic nitrogens is 1. The van der Waals surface area contributed by atoms with E-state index in [1.807, 2.05) is 0 Å². The lowest BCUT2D eigenvalue weighted by atomic mass is 9.97. The summed E-state index contributed by atoms with van der Waals surface area (Å²) in [6.07, 6.45) is 1.72. The molecule has 22 nitrogen and oxygen atoms in total. The van der Waals surface area contributed by atoms with Crippen molar-refractivity contribution in [3.8, 4) is 0 Å². The monoisotopic (exact) mass is 1230 g/mol. The third-order valence-electron chi connectivity index (χ3n) is 15.9. The first-order chi connectivity index (χ1) is 40.8. The Kier molecular flexibility index (Phi) is 24.3. The molecule has 25 heteroatoms. The minimum absolute atomic E-state index is 0.00920. The molecular weight excluding hydrogens is 1150 g/mol. The SMILES string of the molecule is COCC[C@@H]1NC(=O)[C@H]2CCCN2C(=O)[C@H](Cc2ccccc2)N(C)C(=O)[C@H](Cc2ccc(Cl)cc2)NC(=O)[C@H](C(C)C)N(C)C(=O)[C@H](Cc2ccc(F)cc2)NC(=O)CN(C)C(=O)[C@@H](C)N(C)C(=O)[C@H](Cc2cncs2)NC(=O)[C@H](C)N(C)C1=O. The number of carbonyl (C=O) groups excluding carboxylic acids is 10. The first-order valence-corrected chi connectivity index (χ1v) is 29.8.